The van der Waals surface area contributed by atoms with E-state index >= 15 is 0 Å². The lowest BCUT2D eigenvalue weighted by atomic mass is 10.1. The highest BCUT2D eigenvalue weighted by Gasteiger charge is 2.27. The van der Waals surface area contributed by atoms with Crippen molar-refractivity contribution in [3.8, 4) is 0 Å². The van der Waals surface area contributed by atoms with E-state index in [1.807, 2.05) is 24.6 Å². The minimum absolute atomic E-state index is 0.000602. The number of rotatable bonds is 3. The molecule has 1 aliphatic rings. The Morgan fingerprint density at radius 2 is 2.29 bits per heavy atom. The molecule has 2 N–H and O–H groups in total. The number of amides is 1. The fraction of sp³-hybridized carbons (Fsp3) is 0.583. The molecule has 0 aromatic carbocycles. The van der Waals surface area contributed by atoms with E-state index in [-0.39, 0.29) is 11.9 Å². The van der Waals surface area contributed by atoms with Gasteiger partial charge in [0, 0.05) is 31.2 Å². The first kappa shape index (κ1) is 12.5. The molecule has 94 valence electrons. The van der Waals surface area contributed by atoms with Gasteiger partial charge in [-0.1, -0.05) is 6.07 Å². The fourth-order valence-corrected chi connectivity index (χ4v) is 2.78. The molecule has 5 heteroatoms. The Kier molecular flexibility index (Phi) is 4.15. The highest BCUT2D eigenvalue weighted by Crippen LogP contribution is 2.21. The van der Waals surface area contributed by atoms with Crippen LogP contribution in [0.3, 0.4) is 0 Å². The van der Waals surface area contributed by atoms with Gasteiger partial charge in [-0.25, -0.2) is 0 Å². The predicted molar refractivity (Wildman–Crippen MR) is 67.9 cm³/mol. The van der Waals surface area contributed by atoms with E-state index in [1.54, 1.807) is 4.90 Å². The average molecular weight is 254 g/mol. The van der Waals surface area contributed by atoms with Gasteiger partial charge in [-0.15, -0.1) is 11.3 Å². The Balaban J connectivity index is 1.98. The molecular formula is C12H18N2O2S. The van der Waals surface area contributed by atoms with Crippen LogP contribution in [-0.2, 0) is 9.53 Å². The van der Waals surface area contributed by atoms with Gasteiger partial charge in [-0.2, -0.15) is 0 Å². The second-order valence-electron chi connectivity index (χ2n) is 4.29. The lowest BCUT2D eigenvalue weighted by molar-refractivity contribution is -0.135. The van der Waals surface area contributed by atoms with Gasteiger partial charge in [-0.3, -0.25) is 4.79 Å². The lowest BCUT2D eigenvalue weighted by Crippen LogP contribution is -2.44. The maximum Gasteiger partial charge on any atom is 0.244 e. The summed E-state index contributed by atoms with van der Waals surface area (Å²) >= 11 is 1.53. The van der Waals surface area contributed by atoms with Crippen molar-refractivity contribution in [2.24, 2.45) is 5.73 Å². The number of carbonyl (C=O) groups excluding carboxylic acids is 1. The molecule has 1 aromatic heterocycles. The zero-order chi connectivity index (χ0) is 12.3. The molecule has 0 spiro atoms. The molecule has 1 amide bonds. The summed E-state index contributed by atoms with van der Waals surface area (Å²) in [5.41, 5.74) is 5.98. The number of thiophene rings is 1. The Morgan fingerprint density at radius 3 is 2.88 bits per heavy atom. The van der Waals surface area contributed by atoms with Gasteiger partial charge in [0.05, 0.1) is 0 Å². The molecule has 1 fully saturated rings. The molecule has 0 bridgehead atoms. The largest absolute Gasteiger partial charge is 0.381 e. The monoisotopic (exact) mass is 254 g/mol. The summed E-state index contributed by atoms with van der Waals surface area (Å²) in [5, 5.41) is 1.94. The Labute approximate surface area is 105 Å². The number of nitrogens with zero attached hydrogens (tertiary/aromatic N) is 1. The topological polar surface area (TPSA) is 55.6 Å². The van der Waals surface area contributed by atoms with Crippen molar-refractivity contribution in [1.82, 2.24) is 4.90 Å². The van der Waals surface area contributed by atoms with E-state index in [4.69, 9.17) is 10.5 Å². The van der Waals surface area contributed by atoms with Crippen LogP contribution in [0.5, 0.6) is 0 Å². The minimum Gasteiger partial charge on any atom is -0.381 e. The predicted octanol–water partition coefficient (Wildman–Crippen LogP) is 1.39. The van der Waals surface area contributed by atoms with Crippen molar-refractivity contribution in [3.63, 3.8) is 0 Å². The number of ether oxygens (including phenoxy) is 1. The highest BCUT2D eigenvalue weighted by atomic mass is 32.1. The third-order valence-corrected chi connectivity index (χ3v) is 4.16. The number of likely N-dealkylation sites (N-methyl/N-ethyl adjacent to an activating group) is 1. The molecular weight excluding hydrogens is 236 g/mol. The molecule has 1 aliphatic heterocycles. The van der Waals surface area contributed by atoms with E-state index in [9.17, 15) is 4.79 Å². The zero-order valence-corrected chi connectivity index (χ0v) is 10.8. The molecule has 17 heavy (non-hydrogen) atoms. The maximum atomic E-state index is 12.2. The van der Waals surface area contributed by atoms with Gasteiger partial charge < -0.3 is 15.4 Å². The van der Waals surface area contributed by atoms with Crippen molar-refractivity contribution in [2.45, 2.75) is 24.9 Å². The first-order valence-electron chi connectivity index (χ1n) is 5.83. The highest BCUT2D eigenvalue weighted by molar-refractivity contribution is 7.10. The molecule has 0 aliphatic carbocycles. The van der Waals surface area contributed by atoms with Gasteiger partial charge in [0.15, 0.2) is 0 Å². The zero-order valence-electron chi connectivity index (χ0n) is 9.96. The van der Waals surface area contributed by atoms with E-state index in [1.165, 1.54) is 11.3 Å². The van der Waals surface area contributed by atoms with E-state index in [0.29, 0.717) is 0 Å². The van der Waals surface area contributed by atoms with Crippen LogP contribution in [-0.4, -0.2) is 37.1 Å². The molecule has 0 saturated carbocycles. The quantitative estimate of drug-likeness (QED) is 0.886. The van der Waals surface area contributed by atoms with Gasteiger partial charge >= 0.3 is 0 Å². The maximum absolute atomic E-state index is 12.2. The smallest absolute Gasteiger partial charge is 0.244 e. The second-order valence-corrected chi connectivity index (χ2v) is 5.27. The van der Waals surface area contributed by atoms with Crippen LogP contribution in [0.15, 0.2) is 17.5 Å². The van der Waals surface area contributed by atoms with Crippen molar-refractivity contribution in [3.05, 3.63) is 22.4 Å². The SMILES string of the molecule is CN(C(=O)C(N)c1cccs1)C1CCOCC1. The lowest BCUT2D eigenvalue weighted by Gasteiger charge is -2.32. The van der Waals surface area contributed by atoms with E-state index in [0.717, 1.165) is 30.9 Å². The third-order valence-electron chi connectivity index (χ3n) is 3.20. The van der Waals surface area contributed by atoms with Crippen LogP contribution in [0.25, 0.3) is 0 Å². The molecule has 2 heterocycles. The molecule has 4 nitrogen and oxygen atoms in total. The number of nitrogens with two attached hydrogens (primary N) is 1. The van der Waals surface area contributed by atoms with Crippen molar-refractivity contribution in [2.75, 3.05) is 20.3 Å². The van der Waals surface area contributed by atoms with E-state index in [2.05, 4.69) is 0 Å². The number of hydrogen-bond donors (Lipinski definition) is 1. The van der Waals surface area contributed by atoms with Crippen LogP contribution in [0.2, 0.25) is 0 Å². The Bertz CT molecular complexity index is 361. The summed E-state index contributed by atoms with van der Waals surface area (Å²) in [6.07, 6.45) is 1.80. The van der Waals surface area contributed by atoms with Crippen LogP contribution < -0.4 is 5.73 Å². The standard InChI is InChI=1S/C12H18N2O2S/c1-14(9-4-6-16-7-5-9)12(15)11(13)10-3-2-8-17-10/h2-3,8-9,11H,4-7,13H2,1H3. The van der Waals surface area contributed by atoms with Crippen molar-refractivity contribution < 1.29 is 9.53 Å². The summed E-state index contributed by atoms with van der Waals surface area (Å²) < 4.78 is 5.30. The van der Waals surface area contributed by atoms with Crippen molar-refractivity contribution in [1.29, 1.82) is 0 Å². The molecule has 1 saturated heterocycles. The summed E-state index contributed by atoms with van der Waals surface area (Å²) in [7, 11) is 1.84. The third kappa shape index (κ3) is 2.86. The second kappa shape index (κ2) is 5.62. The first-order valence-corrected chi connectivity index (χ1v) is 6.71. The number of hydrogen-bond acceptors (Lipinski definition) is 4. The van der Waals surface area contributed by atoms with Crippen LogP contribution >= 0.6 is 11.3 Å². The summed E-state index contributed by atoms with van der Waals surface area (Å²) in [6.45, 7) is 1.47. The Morgan fingerprint density at radius 1 is 1.59 bits per heavy atom. The summed E-state index contributed by atoms with van der Waals surface area (Å²) in [5.74, 6) is -0.000602. The van der Waals surface area contributed by atoms with Crippen LogP contribution in [0.4, 0.5) is 0 Å². The Hall–Kier alpha value is -0.910. The van der Waals surface area contributed by atoms with E-state index < -0.39 is 6.04 Å². The molecule has 1 unspecified atom stereocenters. The van der Waals surface area contributed by atoms with Crippen molar-refractivity contribution >= 4 is 17.2 Å². The number of carbonyl (C=O) groups is 1. The van der Waals surface area contributed by atoms with Gasteiger partial charge in [0.1, 0.15) is 6.04 Å². The average Bonchev–Trinajstić information content (AvgIpc) is 2.91. The summed E-state index contributed by atoms with van der Waals surface area (Å²) in [4.78, 5) is 14.9. The fourth-order valence-electron chi connectivity index (χ4n) is 2.06. The summed E-state index contributed by atoms with van der Waals surface area (Å²) in [6, 6.07) is 3.57. The minimum atomic E-state index is -0.525. The molecule has 1 atom stereocenters. The molecule has 2 rings (SSSR count). The molecule has 0 radical (unpaired) electrons. The molecule has 1 aromatic rings. The van der Waals surface area contributed by atoms with Gasteiger partial charge in [0.25, 0.3) is 0 Å². The van der Waals surface area contributed by atoms with Gasteiger partial charge in [0.2, 0.25) is 5.91 Å². The first-order chi connectivity index (χ1) is 8.20. The normalized spacial score (nSPS) is 18.9. The van der Waals surface area contributed by atoms with Crippen LogP contribution in [0, 0.1) is 0 Å². The van der Waals surface area contributed by atoms with Crippen LogP contribution in [0.1, 0.15) is 23.8 Å². The van der Waals surface area contributed by atoms with Gasteiger partial charge in [-0.05, 0) is 24.3 Å².